The van der Waals surface area contributed by atoms with Crippen LogP contribution in [0.3, 0.4) is 0 Å². The third-order valence-corrected chi connectivity index (χ3v) is 5.91. The number of allylic oxidation sites excluding steroid dienone is 1. The van der Waals surface area contributed by atoms with Crippen molar-refractivity contribution in [1.29, 1.82) is 0 Å². The second-order valence-electron chi connectivity index (χ2n) is 7.63. The van der Waals surface area contributed by atoms with Crippen LogP contribution in [0.25, 0.3) is 11.0 Å². The van der Waals surface area contributed by atoms with Crippen LogP contribution in [0, 0.1) is 0 Å². The zero-order chi connectivity index (χ0) is 23.0. The first-order valence-corrected chi connectivity index (χ1v) is 11.7. The summed E-state index contributed by atoms with van der Waals surface area (Å²) in [5, 5.41) is 2.99. The maximum Gasteiger partial charge on any atom is 0.251 e. The zero-order valence-corrected chi connectivity index (χ0v) is 19.9. The number of amides is 1. The Kier molecular flexibility index (Phi) is 7.58. The minimum absolute atomic E-state index is 0.0904. The number of carbonyl (C=O) groups is 1. The van der Waals surface area contributed by atoms with Crippen LogP contribution in [-0.2, 0) is 19.4 Å². The third kappa shape index (κ3) is 5.71. The highest BCUT2D eigenvalue weighted by atomic mass is 79.9. The van der Waals surface area contributed by atoms with Crippen LogP contribution in [0.5, 0.6) is 5.75 Å². The molecule has 168 valence electrons. The number of rotatable bonds is 10. The number of carbonyl (C=O) groups excluding carboxylic acids is 1. The van der Waals surface area contributed by atoms with Crippen molar-refractivity contribution in [2.24, 2.45) is 0 Å². The second kappa shape index (κ2) is 11.0. The van der Waals surface area contributed by atoms with Gasteiger partial charge in [0.25, 0.3) is 5.91 Å². The fourth-order valence-electron chi connectivity index (χ4n) is 3.77. The van der Waals surface area contributed by atoms with Crippen LogP contribution in [0.2, 0.25) is 0 Å². The maximum atomic E-state index is 12.4. The quantitative estimate of drug-likeness (QED) is 0.287. The Balaban J connectivity index is 1.43. The Morgan fingerprint density at radius 3 is 2.64 bits per heavy atom. The van der Waals surface area contributed by atoms with Crippen LogP contribution in [0.15, 0.2) is 89.9 Å². The van der Waals surface area contributed by atoms with E-state index in [1.54, 1.807) is 12.1 Å². The van der Waals surface area contributed by atoms with E-state index in [-0.39, 0.29) is 5.91 Å². The molecule has 5 nitrogen and oxygen atoms in total. The summed E-state index contributed by atoms with van der Waals surface area (Å²) in [6.45, 7) is 5.52. The van der Waals surface area contributed by atoms with Crippen LogP contribution in [-0.4, -0.2) is 28.6 Å². The molecule has 0 saturated carbocycles. The predicted octanol–water partition coefficient (Wildman–Crippen LogP) is 5.58. The lowest BCUT2D eigenvalue weighted by atomic mass is 10.1. The number of aromatic nitrogens is 2. The van der Waals surface area contributed by atoms with E-state index >= 15 is 0 Å². The molecule has 0 unspecified atom stereocenters. The topological polar surface area (TPSA) is 56.1 Å². The van der Waals surface area contributed by atoms with E-state index in [0.29, 0.717) is 31.7 Å². The molecule has 6 heteroatoms. The number of ether oxygens (including phenoxy) is 1. The largest absolute Gasteiger partial charge is 0.491 e. The molecule has 4 aromatic rings. The number of nitrogens with one attached hydrogen (secondary N) is 1. The lowest BCUT2D eigenvalue weighted by Gasteiger charge is -2.13. The summed E-state index contributed by atoms with van der Waals surface area (Å²) in [5.41, 5.74) is 3.77. The molecule has 1 aromatic heterocycles. The molecule has 0 saturated heterocycles. The van der Waals surface area contributed by atoms with Crippen LogP contribution >= 0.6 is 15.9 Å². The molecule has 0 spiro atoms. The summed E-state index contributed by atoms with van der Waals surface area (Å²) < 4.78 is 9.23. The molecule has 0 bridgehead atoms. The third-order valence-electron chi connectivity index (χ3n) is 5.38. The molecule has 0 radical (unpaired) electrons. The first-order chi connectivity index (χ1) is 16.2. The fourth-order valence-corrected chi connectivity index (χ4v) is 4.04. The molecular weight excluding hydrogens is 478 g/mol. The van der Waals surface area contributed by atoms with E-state index in [1.807, 2.05) is 54.6 Å². The Morgan fingerprint density at radius 1 is 1.06 bits per heavy atom. The molecule has 0 fully saturated rings. The van der Waals surface area contributed by atoms with Crippen molar-refractivity contribution in [3.63, 3.8) is 0 Å². The van der Waals surface area contributed by atoms with Crippen molar-refractivity contribution in [3.05, 3.63) is 107 Å². The first-order valence-electron chi connectivity index (χ1n) is 10.9. The second-order valence-corrected chi connectivity index (χ2v) is 8.55. The van der Waals surface area contributed by atoms with Gasteiger partial charge in [-0.1, -0.05) is 52.3 Å². The smallest absolute Gasteiger partial charge is 0.251 e. The van der Waals surface area contributed by atoms with E-state index in [9.17, 15) is 4.79 Å². The Morgan fingerprint density at radius 2 is 1.82 bits per heavy atom. The van der Waals surface area contributed by atoms with Crippen molar-refractivity contribution < 1.29 is 9.53 Å². The Hall–Kier alpha value is -3.38. The first kappa shape index (κ1) is 22.8. The molecule has 0 atom stereocenters. The number of halogens is 1. The van der Waals surface area contributed by atoms with Crippen molar-refractivity contribution >= 4 is 32.9 Å². The van der Waals surface area contributed by atoms with Crippen molar-refractivity contribution in [3.8, 4) is 5.75 Å². The minimum atomic E-state index is -0.0904. The molecule has 1 N–H and O–H groups in total. The van der Waals surface area contributed by atoms with Gasteiger partial charge in [0, 0.05) is 23.0 Å². The number of hydrogen-bond donors (Lipinski definition) is 1. The van der Waals surface area contributed by atoms with Gasteiger partial charge < -0.3 is 14.6 Å². The van der Waals surface area contributed by atoms with E-state index in [4.69, 9.17) is 9.72 Å². The van der Waals surface area contributed by atoms with E-state index in [1.165, 1.54) is 0 Å². The predicted molar refractivity (Wildman–Crippen MR) is 136 cm³/mol. The Bertz CT molecular complexity index is 1250. The highest BCUT2D eigenvalue weighted by molar-refractivity contribution is 9.10. The van der Waals surface area contributed by atoms with Gasteiger partial charge >= 0.3 is 0 Å². The standard InChI is InChI=1S/C27H26BrN3O2/c1-2-7-20-8-3-6-11-25(20)33-19-18-31-24-10-5-4-9-23(24)30-26(31)16-17-29-27(32)21-12-14-22(28)15-13-21/h2-6,8-15H,1,7,16-19H2,(H,29,32). The molecule has 0 aliphatic rings. The normalized spacial score (nSPS) is 10.8. The van der Waals surface area contributed by atoms with E-state index in [0.717, 1.165) is 39.1 Å². The van der Waals surface area contributed by atoms with E-state index < -0.39 is 0 Å². The van der Waals surface area contributed by atoms with Crippen molar-refractivity contribution in [1.82, 2.24) is 14.9 Å². The summed E-state index contributed by atoms with van der Waals surface area (Å²) in [4.78, 5) is 17.2. The molecule has 1 amide bonds. The van der Waals surface area contributed by atoms with Gasteiger partial charge in [-0.05, 0) is 54.4 Å². The number of para-hydroxylation sites is 3. The van der Waals surface area contributed by atoms with E-state index in [2.05, 4.69) is 44.5 Å². The van der Waals surface area contributed by atoms with Gasteiger partial charge in [0.1, 0.15) is 18.2 Å². The van der Waals surface area contributed by atoms with Crippen LogP contribution in [0.1, 0.15) is 21.7 Å². The molecular formula is C27H26BrN3O2. The summed E-state index contributed by atoms with van der Waals surface area (Å²) in [5.74, 6) is 1.72. The summed E-state index contributed by atoms with van der Waals surface area (Å²) in [7, 11) is 0. The summed E-state index contributed by atoms with van der Waals surface area (Å²) >= 11 is 3.39. The zero-order valence-electron chi connectivity index (χ0n) is 18.3. The van der Waals surface area contributed by atoms with Gasteiger partial charge in [0.15, 0.2) is 0 Å². The molecule has 4 rings (SSSR count). The SMILES string of the molecule is C=CCc1ccccc1OCCn1c(CCNC(=O)c2ccc(Br)cc2)nc2ccccc21. The van der Waals surface area contributed by atoms with Gasteiger partial charge in [-0.3, -0.25) is 4.79 Å². The average Bonchev–Trinajstić information content (AvgIpc) is 3.18. The number of imidazole rings is 1. The number of nitrogens with zero attached hydrogens (tertiary/aromatic N) is 2. The van der Waals surface area contributed by atoms with Gasteiger partial charge in [-0.15, -0.1) is 6.58 Å². The monoisotopic (exact) mass is 503 g/mol. The van der Waals surface area contributed by atoms with Gasteiger partial charge in [0.2, 0.25) is 0 Å². The highest BCUT2D eigenvalue weighted by Gasteiger charge is 2.12. The molecule has 0 aliphatic heterocycles. The van der Waals surface area contributed by atoms with Crippen LogP contribution in [0.4, 0.5) is 0 Å². The summed E-state index contributed by atoms with van der Waals surface area (Å²) in [6, 6.07) is 23.4. The molecule has 3 aromatic carbocycles. The van der Waals surface area contributed by atoms with Gasteiger partial charge in [0.05, 0.1) is 17.6 Å². The van der Waals surface area contributed by atoms with Crippen molar-refractivity contribution in [2.45, 2.75) is 19.4 Å². The average molecular weight is 504 g/mol. The summed E-state index contributed by atoms with van der Waals surface area (Å²) in [6.07, 6.45) is 3.28. The van der Waals surface area contributed by atoms with Gasteiger partial charge in [-0.2, -0.15) is 0 Å². The lowest BCUT2D eigenvalue weighted by molar-refractivity contribution is 0.0954. The van der Waals surface area contributed by atoms with Crippen LogP contribution < -0.4 is 10.1 Å². The van der Waals surface area contributed by atoms with Gasteiger partial charge in [-0.25, -0.2) is 4.98 Å². The highest BCUT2D eigenvalue weighted by Crippen LogP contribution is 2.20. The number of benzene rings is 3. The number of fused-ring (bicyclic) bond motifs is 1. The molecule has 33 heavy (non-hydrogen) atoms. The lowest BCUT2D eigenvalue weighted by Crippen LogP contribution is -2.26. The fraction of sp³-hybridized carbons (Fsp3) is 0.185. The molecule has 0 aliphatic carbocycles. The molecule has 1 heterocycles. The minimum Gasteiger partial charge on any atom is -0.491 e. The number of hydrogen-bond acceptors (Lipinski definition) is 3. The Labute approximate surface area is 202 Å². The maximum absolute atomic E-state index is 12.4. The van der Waals surface area contributed by atoms with Crippen molar-refractivity contribution in [2.75, 3.05) is 13.2 Å².